The highest BCUT2D eigenvalue weighted by molar-refractivity contribution is 7.18. The zero-order valence-corrected chi connectivity index (χ0v) is 18.0. The standard InChI is InChI=1S/C24H18FN5OS/c1-31-23-17(25)9-14(12-27-23)19-11-20-16(3-2-8-26-20)22(29-19)28-15-6-7-18-21(10-15)32-24(30-18)13-4-5-13/h2-3,6-13H,4-5H2,1H3,(H,28,29). The van der Waals surface area contributed by atoms with Crippen molar-refractivity contribution in [3.63, 3.8) is 0 Å². The number of thiazole rings is 1. The number of ether oxygens (including phenoxy) is 1. The number of hydrogen-bond donors (Lipinski definition) is 1. The molecule has 0 radical (unpaired) electrons. The molecule has 1 aliphatic carbocycles. The van der Waals surface area contributed by atoms with Gasteiger partial charge in [0, 0.05) is 34.9 Å². The van der Waals surface area contributed by atoms with Crippen molar-refractivity contribution in [1.82, 2.24) is 19.9 Å². The van der Waals surface area contributed by atoms with Crippen molar-refractivity contribution in [2.24, 2.45) is 0 Å². The van der Waals surface area contributed by atoms with Crippen LogP contribution in [0.15, 0.2) is 54.9 Å². The fraction of sp³-hybridized carbons (Fsp3) is 0.167. The van der Waals surface area contributed by atoms with Gasteiger partial charge < -0.3 is 10.1 Å². The third kappa shape index (κ3) is 3.42. The highest BCUT2D eigenvalue weighted by Gasteiger charge is 2.27. The summed E-state index contributed by atoms with van der Waals surface area (Å²) in [4.78, 5) is 18.1. The summed E-state index contributed by atoms with van der Waals surface area (Å²) >= 11 is 1.76. The van der Waals surface area contributed by atoms with Crippen molar-refractivity contribution >= 4 is 44.0 Å². The number of hydrogen-bond acceptors (Lipinski definition) is 7. The molecule has 0 bridgehead atoms. The molecule has 158 valence electrons. The van der Waals surface area contributed by atoms with Gasteiger partial charge in [-0.05, 0) is 55.3 Å². The first kappa shape index (κ1) is 19.1. The minimum absolute atomic E-state index is 0.0468. The van der Waals surface area contributed by atoms with E-state index in [4.69, 9.17) is 14.7 Å². The average molecular weight is 444 g/mol. The molecule has 0 spiro atoms. The van der Waals surface area contributed by atoms with E-state index in [1.54, 1.807) is 23.7 Å². The maximum absolute atomic E-state index is 14.3. The van der Waals surface area contributed by atoms with Crippen molar-refractivity contribution in [2.75, 3.05) is 12.4 Å². The fourth-order valence-corrected chi connectivity index (χ4v) is 4.87. The van der Waals surface area contributed by atoms with Gasteiger partial charge in [0.2, 0.25) is 5.88 Å². The largest absolute Gasteiger partial charge is 0.479 e. The molecule has 4 heterocycles. The van der Waals surface area contributed by atoms with Gasteiger partial charge >= 0.3 is 0 Å². The van der Waals surface area contributed by atoms with Gasteiger partial charge in [-0.15, -0.1) is 11.3 Å². The molecule has 1 saturated carbocycles. The average Bonchev–Trinajstić information content (AvgIpc) is 3.58. The number of aromatic nitrogens is 4. The van der Waals surface area contributed by atoms with Crippen molar-refractivity contribution in [3.05, 3.63) is 65.7 Å². The topological polar surface area (TPSA) is 72.8 Å². The van der Waals surface area contributed by atoms with Crippen LogP contribution in [0.1, 0.15) is 23.8 Å². The van der Waals surface area contributed by atoms with Crippen LogP contribution in [-0.4, -0.2) is 27.0 Å². The lowest BCUT2D eigenvalue weighted by Gasteiger charge is -2.12. The van der Waals surface area contributed by atoms with Gasteiger partial charge in [0.1, 0.15) is 5.82 Å². The Morgan fingerprint density at radius 3 is 2.78 bits per heavy atom. The lowest BCUT2D eigenvalue weighted by atomic mass is 10.1. The number of pyridine rings is 3. The van der Waals surface area contributed by atoms with Gasteiger partial charge in [-0.1, -0.05) is 0 Å². The van der Waals surface area contributed by atoms with Crippen molar-refractivity contribution < 1.29 is 9.13 Å². The smallest absolute Gasteiger partial charge is 0.250 e. The third-order valence-corrected chi connectivity index (χ3v) is 6.67. The lowest BCUT2D eigenvalue weighted by molar-refractivity contribution is 0.369. The Balaban J connectivity index is 1.42. The molecule has 0 unspecified atom stereocenters. The Morgan fingerprint density at radius 1 is 1.06 bits per heavy atom. The number of methoxy groups -OCH3 is 1. The molecule has 1 aliphatic rings. The maximum atomic E-state index is 14.3. The summed E-state index contributed by atoms with van der Waals surface area (Å²) in [6.07, 6.45) is 5.75. The molecule has 4 aromatic heterocycles. The van der Waals surface area contributed by atoms with E-state index in [1.807, 2.05) is 30.3 Å². The number of rotatable bonds is 5. The number of nitrogens with zero attached hydrogens (tertiary/aromatic N) is 4. The van der Waals surface area contributed by atoms with Crippen molar-refractivity contribution in [2.45, 2.75) is 18.8 Å². The van der Waals surface area contributed by atoms with Crippen LogP contribution in [-0.2, 0) is 0 Å². The first-order valence-corrected chi connectivity index (χ1v) is 11.1. The van der Waals surface area contributed by atoms with Gasteiger partial charge in [-0.3, -0.25) is 4.98 Å². The zero-order valence-electron chi connectivity index (χ0n) is 17.2. The Morgan fingerprint density at radius 2 is 1.97 bits per heavy atom. The number of anilines is 2. The van der Waals surface area contributed by atoms with E-state index >= 15 is 0 Å². The normalized spacial score (nSPS) is 13.6. The van der Waals surface area contributed by atoms with E-state index in [0.29, 0.717) is 23.0 Å². The van der Waals surface area contributed by atoms with Crippen LogP contribution < -0.4 is 10.1 Å². The molecular weight excluding hydrogens is 425 g/mol. The lowest BCUT2D eigenvalue weighted by Crippen LogP contribution is -1.99. The molecule has 0 amide bonds. The van der Waals surface area contributed by atoms with Gasteiger partial charge in [-0.25, -0.2) is 19.3 Å². The summed E-state index contributed by atoms with van der Waals surface area (Å²) in [5.41, 5.74) is 3.81. The van der Waals surface area contributed by atoms with E-state index in [9.17, 15) is 4.39 Å². The van der Waals surface area contributed by atoms with E-state index in [-0.39, 0.29) is 5.88 Å². The van der Waals surface area contributed by atoms with Crippen LogP contribution in [0.2, 0.25) is 0 Å². The van der Waals surface area contributed by atoms with Crippen LogP contribution in [0.3, 0.4) is 0 Å². The van der Waals surface area contributed by atoms with E-state index in [1.165, 1.54) is 31.0 Å². The second-order valence-electron chi connectivity index (χ2n) is 7.78. The molecule has 1 fully saturated rings. The van der Waals surface area contributed by atoms with E-state index < -0.39 is 5.82 Å². The fourth-order valence-electron chi connectivity index (χ4n) is 3.70. The van der Waals surface area contributed by atoms with E-state index in [0.717, 1.165) is 26.8 Å². The Kier molecular flexibility index (Phi) is 4.46. The zero-order chi connectivity index (χ0) is 21.7. The molecule has 0 atom stereocenters. The van der Waals surface area contributed by atoms with Crippen molar-refractivity contribution in [1.29, 1.82) is 0 Å². The summed E-state index contributed by atoms with van der Waals surface area (Å²) in [6, 6.07) is 13.2. The second kappa shape index (κ2) is 7.49. The molecule has 5 aromatic rings. The molecule has 0 saturated heterocycles. The Labute approximate surface area is 187 Å². The van der Waals surface area contributed by atoms with Gasteiger partial charge in [0.15, 0.2) is 5.82 Å². The monoisotopic (exact) mass is 443 g/mol. The molecule has 1 aromatic carbocycles. The summed E-state index contributed by atoms with van der Waals surface area (Å²) in [6.45, 7) is 0. The quantitative estimate of drug-likeness (QED) is 0.355. The molecule has 32 heavy (non-hydrogen) atoms. The van der Waals surface area contributed by atoms with Crippen LogP contribution >= 0.6 is 11.3 Å². The predicted octanol–water partition coefficient (Wildman–Crippen LogP) is 6.07. The van der Waals surface area contributed by atoms with Crippen LogP contribution in [0.4, 0.5) is 15.9 Å². The summed E-state index contributed by atoms with van der Waals surface area (Å²) in [5, 5.41) is 5.53. The molecule has 6 rings (SSSR count). The number of halogens is 1. The molecule has 6 nitrogen and oxygen atoms in total. The SMILES string of the molecule is COc1ncc(-c2cc3ncccc3c(Nc3ccc4nc(C5CC5)sc4c3)n2)cc1F. The first-order valence-electron chi connectivity index (χ1n) is 10.3. The third-order valence-electron chi connectivity index (χ3n) is 5.49. The molecule has 0 aliphatic heterocycles. The summed E-state index contributed by atoms with van der Waals surface area (Å²) in [7, 11) is 1.39. The molecule has 1 N–H and O–H groups in total. The molecule has 8 heteroatoms. The van der Waals surface area contributed by atoms with Gasteiger partial charge in [-0.2, -0.15) is 0 Å². The Hall–Kier alpha value is -3.65. The minimum Gasteiger partial charge on any atom is -0.479 e. The predicted molar refractivity (Wildman–Crippen MR) is 124 cm³/mol. The van der Waals surface area contributed by atoms with E-state index in [2.05, 4.69) is 21.4 Å². The van der Waals surface area contributed by atoms with Crippen LogP contribution in [0.5, 0.6) is 5.88 Å². The van der Waals surface area contributed by atoms with Gasteiger partial charge in [0.05, 0.1) is 33.5 Å². The summed E-state index contributed by atoms with van der Waals surface area (Å²) < 4.78 is 20.3. The molecular formula is C24H18FN5OS. The van der Waals surface area contributed by atoms with Crippen molar-refractivity contribution in [3.8, 4) is 17.1 Å². The van der Waals surface area contributed by atoms with Gasteiger partial charge in [0.25, 0.3) is 0 Å². The number of nitrogens with one attached hydrogen (secondary N) is 1. The summed E-state index contributed by atoms with van der Waals surface area (Å²) in [5.74, 6) is 0.697. The Bertz CT molecular complexity index is 1480. The highest BCUT2D eigenvalue weighted by atomic mass is 32.1. The first-order chi connectivity index (χ1) is 15.7. The number of benzene rings is 1. The highest BCUT2D eigenvalue weighted by Crippen LogP contribution is 2.43. The van der Waals surface area contributed by atoms with Crippen LogP contribution in [0.25, 0.3) is 32.4 Å². The minimum atomic E-state index is -0.537. The maximum Gasteiger partial charge on any atom is 0.250 e. The second-order valence-corrected chi connectivity index (χ2v) is 8.84. The van der Waals surface area contributed by atoms with Crippen LogP contribution in [0, 0.1) is 5.82 Å². The number of fused-ring (bicyclic) bond motifs is 2.